The molecule has 94 valence electrons. The number of nitrogens with one attached hydrogen (secondary N) is 1. The summed E-state index contributed by atoms with van der Waals surface area (Å²) < 4.78 is 0. The van der Waals surface area contributed by atoms with E-state index in [0.717, 1.165) is 36.4 Å². The number of aliphatic imine (C=N–C) groups is 1. The van der Waals surface area contributed by atoms with E-state index >= 15 is 0 Å². The second-order valence-corrected chi connectivity index (χ2v) is 4.99. The standard InChI is InChI=1S/C13H16N4S/c1-2-17-9-15-13(16-10-17)18-8-12-5-3-4-11(6-12)7-14/h3-6H,2,8-10H2,1H3,(H,15,16). The summed E-state index contributed by atoms with van der Waals surface area (Å²) in [6.45, 7) is 4.77. The Bertz CT molecular complexity index is 478. The number of hydrogen-bond acceptors (Lipinski definition) is 5. The van der Waals surface area contributed by atoms with Crippen LogP contribution in [-0.2, 0) is 5.75 Å². The van der Waals surface area contributed by atoms with Crippen LogP contribution in [0.5, 0.6) is 0 Å². The van der Waals surface area contributed by atoms with Gasteiger partial charge in [-0.3, -0.25) is 4.90 Å². The molecule has 4 nitrogen and oxygen atoms in total. The topological polar surface area (TPSA) is 51.4 Å². The normalized spacial score (nSPS) is 15.7. The van der Waals surface area contributed by atoms with Crippen LogP contribution >= 0.6 is 11.8 Å². The monoisotopic (exact) mass is 260 g/mol. The highest BCUT2D eigenvalue weighted by atomic mass is 32.2. The molecule has 0 saturated heterocycles. The SMILES string of the molecule is CCN1CN=C(SCc2cccc(C#N)c2)NC1. The Hall–Kier alpha value is -1.51. The third-order valence-corrected chi connectivity index (χ3v) is 3.77. The third-order valence-electron chi connectivity index (χ3n) is 2.75. The van der Waals surface area contributed by atoms with Crippen molar-refractivity contribution >= 4 is 16.9 Å². The van der Waals surface area contributed by atoms with E-state index in [9.17, 15) is 0 Å². The van der Waals surface area contributed by atoms with Crippen molar-refractivity contribution in [3.05, 3.63) is 35.4 Å². The lowest BCUT2D eigenvalue weighted by Crippen LogP contribution is -2.41. The first-order chi connectivity index (χ1) is 8.81. The van der Waals surface area contributed by atoms with E-state index in [1.165, 1.54) is 0 Å². The maximum atomic E-state index is 8.84. The van der Waals surface area contributed by atoms with Gasteiger partial charge in [0.2, 0.25) is 0 Å². The largest absolute Gasteiger partial charge is 0.352 e. The van der Waals surface area contributed by atoms with E-state index in [2.05, 4.69) is 28.2 Å². The number of benzene rings is 1. The third kappa shape index (κ3) is 3.49. The highest BCUT2D eigenvalue weighted by molar-refractivity contribution is 8.13. The van der Waals surface area contributed by atoms with Gasteiger partial charge in [-0.2, -0.15) is 5.26 Å². The molecule has 0 spiro atoms. The van der Waals surface area contributed by atoms with Gasteiger partial charge in [0.15, 0.2) is 5.17 Å². The molecule has 0 fully saturated rings. The number of nitrogens with zero attached hydrogens (tertiary/aromatic N) is 3. The predicted octanol–water partition coefficient (Wildman–Crippen LogP) is 1.99. The molecule has 0 aromatic heterocycles. The van der Waals surface area contributed by atoms with Crippen LogP contribution in [0.25, 0.3) is 0 Å². The van der Waals surface area contributed by atoms with Gasteiger partial charge in [-0.05, 0) is 24.2 Å². The second-order valence-electron chi connectivity index (χ2n) is 4.03. The van der Waals surface area contributed by atoms with Crippen LogP contribution in [-0.4, -0.2) is 29.9 Å². The summed E-state index contributed by atoms with van der Waals surface area (Å²) in [4.78, 5) is 6.69. The van der Waals surface area contributed by atoms with Crippen LogP contribution in [0.2, 0.25) is 0 Å². The molecule has 5 heteroatoms. The van der Waals surface area contributed by atoms with E-state index < -0.39 is 0 Å². The minimum atomic E-state index is 0.712. The van der Waals surface area contributed by atoms with Gasteiger partial charge in [0.05, 0.1) is 25.0 Å². The first-order valence-corrected chi connectivity index (χ1v) is 6.93. The van der Waals surface area contributed by atoms with Crippen molar-refractivity contribution in [2.24, 2.45) is 4.99 Å². The fourth-order valence-corrected chi connectivity index (χ4v) is 2.44. The molecule has 1 heterocycles. The summed E-state index contributed by atoms with van der Waals surface area (Å²) in [5.41, 5.74) is 1.87. The molecular formula is C13H16N4S. The lowest BCUT2D eigenvalue weighted by Gasteiger charge is -2.24. The Morgan fingerprint density at radius 1 is 1.56 bits per heavy atom. The average molecular weight is 260 g/mol. The molecule has 0 aliphatic carbocycles. The lowest BCUT2D eigenvalue weighted by molar-refractivity contribution is 0.281. The van der Waals surface area contributed by atoms with Crippen molar-refractivity contribution < 1.29 is 0 Å². The van der Waals surface area contributed by atoms with Gasteiger partial charge < -0.3 is 5.32 Å². The smallest absolute Gasteiger partial charge is 0.159 e. The van der Waals surface area contributed by atoms with Gasteiger partial charge in [-0.25, -0.2) is 4.99 Å². The van der Waals surface area contributed by atoms with E-state index in [4.69, 9.17) is 5.26 Å². The predicted molar refractivity (Wildman–Crippen MR) is 75.1 cm³/mol. The van der Waals surface area contributed by atoms with Gasteiger partial charge in [-0.15, -0.1) is 0 Å². The summed E-state index contributed by atoms with van der Waals surface area (Å²) in [5.74, 6) is 0.841. The summed E-state index contributed by atoms with van der Waals surface area (Å²) >= 11 is 1.68. The molecule has 18 heavy (non-hydrogen) atoms. The molecule has 0 radical (unpaired) electrons. The highest BCUT2D eigenvalue weighted by Crippen LogP contribution is 2.15. The highest BCUT2D eigenvalue weighted by Gasteiger charge is 2.10. The number of thioether (sulfide) groups is 1. The molecule has 1 aromatic carbocycles. The molecule has 0 amide bonds. The van der Waals surface area contributed by atoms with Gasteiger partial charge in [-0.1, -0.05) is 30.8 Å². The second kappa shape index (κ2) is 6.43. The Morgan fingerprint density at radius 3 is 3.11 bits per heavy atom. The van der Waals surface area contributed by atoms with Crippen LogP contribution in [0.4, 0.5) is 0 Å². The Kier molecular flexibility index (Phi) is 4.62. The summed E-state index contributed by atoms with van der Waals surface area (Å²) in [7, 11) is 0. The lowest BCUT2D eigenvalue weighted by atomic mass is 10.2. The van der Waals surface area contributed by atoms with Crippen LogP contribution in [0.15, 0.2) is 29.3 Å². The van der Waals surface area contributed by atoms with E-state index in [0.29, 0.717) is 5.56 Å². The Balaban J connectivity index is 1.88. The minimum absolute atomic E-state index is 0.712. The average Bonchev–Trinajstić information content (AvgIpc) is 2.46. The molecule has 0 bridgehead atoms. The quantitative estimate of drug-likeness (QED) is 0.903. The molecule has 1 aromatic rings. The van der Waals surface area contributed by atoms with Crippen LogP contribution < -0.4 is 5.32 Å². The zero-order valence-electron chi connectivity index (χ0n) is 10.4. The molecule has 0 saturated carbocycles. The van der Waals surface area contributed by atoms with Crippen molar-refractivity contribution in [3.8, 4) is 6.07 Å². The zero-order chi connectivity index (χ0) is 12.8. The van der Waals surface area contributed by atoms with Gasteiger partial charge >= 0.3 is 0 Å². The van der Waals surface area contributed by atoms with E-state index in [-0.39, 0.29) is 0 Å². The summed E-state index contributed by atoms with van der Waals surface area (Å²) in [6, 6.07) is 9.86. The van der Waals surface area contributed by atoms with Crippen molar-refractivity contribution in [1.82, 2.24) is 10.2 Å². The zero-order valence-corrected chi connectivity index (χ0v) is 11.2. The number of hydrogen-bond donors (Lipinski definition) is 1. The maximum Gasteiger partial charge on any atom is 0.159 e. The first-order valence-electron chi connectivity index (χ1n) is 5.94. The van der Waals surface area contributed by atoms with Crippen LogP contribution in [0.1, 0.15) is 18.1 Å². The Morgan fingerprint density at radius 2 is 2.44 bits per heavy atom. The summed E-state index contributed by atoms with van der Waals surface area (Å²) in [5, 5.41) is 13.1. The van der Waals surface area contributed by atoms with Crippen molar-refractivity contribution in [2.45, 2.75) is 12.7 Å². The van der Waals surface area contributed by atoms with Crippen molar-refractivity contribution in [1.29, 1.82) is 5.26 Å². The van der Waals surface area contributed by atoms with Crippen molar-refractivity contribution in [2.75, 3.05) is 19.9 Å². The van der Waals surface area contributed by atoms with Gasteiger partial charge in [0.1, 0.15) is 0 Å². The fraction of sp³-hybridized carbons (Fsp3) is 0.385. The molecule has 1 aliphatic heterocycles. The molecule has 1 N–H and O–H groups in total. The van der Waals surface area contributed by atoms with Crippen LogP contribution in [0.3, 0.4) is 0 Å². The maximum absolute atomic E-state index is 8.84. The van der Waals surface area contributed by atoms with Gasteiger partial charge in [0.25, 0.3) is 0 Å². The van der Waals surface area contributed by atoms with E-state index in [1.807, 2.05) is 24.3 Å². The molecular weight excluding hydrogens is 244 g/mol. The summed E-state index contributed by atoms with van der Waals surface area (Å²) in [6.07, 6.45) is 0. The van der Waals surface area contributed by atoms with E-state index in [1.54, 1.807) is 11.8 Å². The molecule has 2 rings (SSSR count). The molecule has 0 unspecified atom stereocenters. The fourth-order valence-electron chi connectivity index (χ4n) is 1.64. The Labute approximate surface area is 112 Å². The minimum Gasteiger partial charge on any atom is -0.352 e. The van der Waals surface area contributed by atoms with Crippen molar-refractivity contribution in [3.63, 3.8) is 0 Å². The molecule has 1 aliphatic rings. The van der Waals surface area contributed by atoms with Gasteiger partial charge in [0, 0.05) is 5.75 Å². The first kappa shape index (κ1) is 12.9. The number of nitriles is 1. The molecule has 0 atom stereocenters. The van der Waals surface area contributed by atoms with Crippen LogP contribution in [0, 0.1) is 11.3 Å². The number of rotatable bonds is 3. The number of amidine groups is 1.